The summed E-state index contributed by atoms with van der Waals surface area (Å²) >= 11 is 0. The van der Waals surface area contributed by atoms with E-state index in [1.807, 2.05) is 0 Å². The number of Topliss-reactive ketones (excluding diaryl/α,β-unsaturated/α-hetero) is 1. The van der Waals surface area contributed by atoms with Gasteiger partial charge in [-0.05, 0) is 35.9 Å². The van der Waals surface area contributed by atoms with Gasteiger partial charge in [0.15, 0.2) is 22.9 Å². The molecular formula is C21H12F5N3O4. The summed E-state index contributed by atoms with van der Waals surface area (Å²) in [6.45, 7) is 0. The highest BCUT2D eigenvalue weighted by atomic mass is 19.4. The second-order valence-electron chi connectivity index (χ2n) is 6.87. The monoisotopic (exact) mass is 465 g/mol. The normalized spacial score (nSPS) is 12.6. The van der Waals surface area contributed by atoms with Crippen molar-refractivity contribution < 1.29 is 35.9 Å². The standard InChI is InChI=1S/C21H12F5N3O4/c22-12-2-1-5-27-19(12)11(10-3-4-17(13(23)6-10)33-21(24,25)26)7-16(30)14-8-15-18(9-28-14)32-20(31)29-15/h1-6,8-9,11H,7H2,(H,29,31)/t11-/m0/s1. The number of ether oxygens (including phenoxy) is 1. The van der Waals surface area contributed by atoms with Crippen LogP contribution in [0.4, 0.5) is 22.0 Å². The minimum atomic E-state index is -5.11. The van der Waals surface area contributed by atoms with Crippen molar-refractivity contribution in [3.63, 3.8) is 0 Å². The van der Waals surface area contributed by atoms with E-state index in [2.05, 4.69) is 19.7 Å². The molecule has 7 nitrogen and oxygen atoms in total. The number of carbonyl (C=O) groups is 1. The quantitative estimate of drug-likeness (QED) is 0.333. The van der Waals surface area contributed by atoms with Crippen molar-refractivity contribution in [2.75, 3.05) is 0 Å². The molecule has 1 atom stereocenters. The van der Waals surface area contributed by atoms with Gasteiger partial charge in [0, 0.05) is 18.5 Å². The Balaban J connectivity index is 1.71. The highest BCUT2D eigenvalue weighted by Gasteiger charge is 2.33. The highest BCUT2D eigenvalue weighted by molar-refractivity contribution is 5.97. The van der Waals surface area contributed by atoms with Crippen molar-refractivity contribution in [1.29, 1.82) is 0 Å². The number of halogens is 5. The van der Waals surface area contributed by atoms with E-state index in [9.17, 15) is 31.5 Å². The lowest BCUT2D eigenvalue weighted by Gasteiger charge is -2.18. The Morgan fingerprint density at radius 1 is 1.12 bits per heavy atom. The molecule has 3 aromatic heterocycles. The molecule has 3 heterocycles. The Labute approximate surface area is 180 Å². The van der Waals surface area contributed by atoms with Crippen LogP contribution in [-0.2, 0) is 0 Å². The van der Waals surface area contributed by atoms with Crippen LogP contribution in [0.5, 0.6) is 5.75 Å². The molecule has 0 aliphatic heterocycles. The second-order valence-corrected chi connectivity index (χ2v) is 6.87. The molecule has 0 spiro atoms. The smallest absolute Gasteiger partial charge is 0.406 e. The number of rotatable bonds is 6. The Kier molecular flexibility index (Phi) is 5.66. The number of aromatic nitrogens is 3. The van der Waals surface area contributed by atoms with Crippen LogP contribution in [0.25, 0.3) is 11.1 Å². The number of pyridine rings is 2. The predicted molar refractivity (Wildman–Crippen MR) is 103 cm³/mol. The molecule has 0 aliphatic carbocycles. The number of nitrogens with zero attached hydrogens (tertiary/aromatic N) is 2. The van der Waals surface area contributed by atoms with E-state index in [4.69, 9.17) is 4.42 Å². The molecule has 0 saturated carbocycles. The molecular weight excluding hydrogens is 453 g/mol. The number of hydrogen-bond acceptors (Lipinski definition) is 6. The van der Waals surface area contributed by atoms with Gasteiger partial charge in [0.1, 0.15) is 11.5 Å². The molecule has 33 heavy (non-hydrogen) atoms. The number of carbonyl (C=O) groups excluding carboxylic acids is 1. The Morgan fingerprint density at radius 2 is 1.91 bits per heavy atom. The van der Waals surface area contributed by atoms with E-state index in [1.54, 1.807) is 0 Å². The first-order valence-corrected chi connectivity index (χ1v) is 9.28. The number of alkyl halides is 3. The third-order valence-corrected chi connectivity index (χ3v) is 4.68. The van der Waals surface area contributed by atoms with Gasteiger partial charge < -0.3 is 9.15 Å². The van der Waals surface area contributed by atoms with Crippen molar-refractivity contribution in [3.8, 4) is 5.75 Å². The first kappa shape index (κ1) is 22.1. The summed E-state index contributed by atoms with van der Waals surface area (Å²) in [7, 11) is 0. The number of H-pyrrole nitrogens is 1. The SMILES string of the molecule is O=C(C[C@@H](c1ccc(OC(F)(F)F)c(F)c1)c1ncccc1F)c1cc2[nH]c(=O)oc2cn1. The van der Waals surface area contributed by atoms with Crippen LogP contribution in [0.15, 0.2) is 58.0 Å². The number of ketones is 1. The zero-order valence-corrected chi connectivity index (χ0v) is 16.3. The topological polar surface area (TPSA) is 98.1 Å². The first-order chi connectivity index (χ1) is 15.6. The molecule has 0 fully saturated rings. The zero-order valence-electron chi connectivity index (χ0n) is 16.3. The number of aromatic amines is 1. The minimum absolute atomic E-state index is 0.00855. The summed E-state index contributed by atoms with van der Waals surface area (Å²) < 4.78 is 74.6. The fourth-order valence-corrected chi connectivity index (χ4v) is 3.27. The largest absolute Gasteiger partial charge is 0.573 e. The number of oxazole rings is 1. The Morgan fingerprint density at radius 3 is 2.61 bits per heavy atom. The molecule has 4 aromatic rings. The Hall–Kier alpha value is -4.09. The van der Waals surface area contributed by atoms with E-state index >= 15 is 0 Å². The van der Waals surface area contributed by atoms with Gasteiger partial charge in [0.05, 0.1) is 17.4 Å². The maximum absolute atomic E-state index is 14.5. The Bertz CT molecular complexity index is 1400. The average Bonchev–Trinajstić information content (AvgIpc) is 3.12. The van der Waals surface area contributed by atoms with Gasteiger partial charge in [-0.3, -0.25) is 14.8 Å². The third kappa shape index (κ3) is 4.89. The fraction of sp³-hybridized carbons (Fsp3) is 0.143. The van der Waals surface area contributed by atoms with Crippen molar-refractivity contribution in [2.24, 2.45) is 0 Å². The maximum atomic E-state index is 14.5. The van der Waals surface area contributed by atoms with Crippen LogP contribution >= 0.6 is 0 Å². The minimum Gasteiger partial charge on any atom is -0.406 e. The summed E-state index contributed by atoms with van der Waals surface area (Å²) in [5.41, 5.74) is 0.00139. The molecule has 0 bridgehead atoms. The summed E-state index contributed by atoms with van der Waals surface area (Å²) in [6.07, 6.45) is -3.15. The van der Waals surface area contributed by atoms with Crippen molar-refractivity contribution in [3.05, 3.63) is 87.9 Å². The van der Waals surface area contributed by atoms with Crippen molar-refractivity contribution >= 4 is 16.9 Å². The molecule has 1 aromatic carbocycles. The fourth-order valence-electron chi connectivity index (χ4n) is 3.27. The van der Waals surface area contributed by atoms with Gasteiger partial charge in [-0.2, -0.15) is 0 Å². The molecule has 0 aliphatic rings. The summed E-state index contributed by atoms with van der Waals surface area (Å²) in [4.78, 5) is 34.4. The molecule has 4 rings (SSSR count). The van der Waals surface area contributed by atoms with Gasteiger partial charge in [-0.25, -0.2) is 18.6 Å². The molecule has 0 radical (unpaired) electrons. The van der Waals surface area contributed by atoms with Gasteiger partial charge in [-0.1, -0.05) is 6.07 Å². The lowest BCUT2D eigenvalue weighted by atomic mass is 9.89. The summed E-state index contributed by atoms with van der Waals surface area (Å²) in [5, 5.41) is 0. The molecule has 0 saturated heterocycles. The van der Waals surface area contributed by atoms with E-state index in [-0.39, 0.29) is 28.1 Å². The van der Waals surface area contributed by atoms with E-state index < -0.39 is 47.6 Å². The third-order valence-electron chi connectivity index (χ3n) is 4.68. The van der Waals surface area contributed by atoms with Crippen LogP contribution in [0.3, 0.4) is 0 Å². The van der Waals surface area contributed by atoms with E-state index in [0.29, 0.717) is 0 Å². The van der Waals surface area contributed by atoms with E-state index in [1.165, 1.54) is 18.3 Å². The van der Waals surface area contributed by atoms with E-state index in [0.717, 1.165) is 30.5 Å². The average molecular weight is 465 g/mol. The number of benzene rings is 1. The van der Waals surface area contributed by atoms with Crippen LogP contribution in [-0.4, -0.2) is 27.1 Å². The molecule has 1 N–H and O–H groups in total. The van der Waals surface area contributed by atoms with Crippen LogP contribution in [0, 0.1) is 11.6 Å². The molecule has 0 unspecified atom stereocenters. The van der Waals surface area contributed by atoms with Gasteiger partial charge >= 0.3 is 12.1 Å². The number of fused-ring (bicyclic) bond motifs is 1. The number of hydrogen-bond donors (Lipinski definition) is 1. The summed E-state index contributed by atoms with van der Waals surface area (Å²) in [6, 6.07) is 6.19. The molecule has 12 heteroatoms. The maximum Gasteiger partial charge on any atom is 0.573 e. The van der Waals surface area contributed by atoms with Crippen molar-refractivity contribution in [2.45, 2.75) is 18.7 Å². The number of nitrogens with one attached hydrogen (secondary N) is 1. The molecule has 0 amide bonds. The van der Waals surface area contributed by atoms with Crippen LogP contribution in [0.1, 0.15) is 34.1 Å². The van der Waals surface area contributed by atoms with Gasteiger partial charge in [-0.15, -0.1) is 13.2 Å². The summed E-state index contributed by atoms with van der Waals surface area (Å²) in [5.74, 6) is -5.75. The predicted octanol–water partition coefficient (Wildman–Crippen LogP) is 4.49. The lowest BCUT2D eigenvalue weighted by Crippen LogP contribution is -2.18. The van der Waals surface area contributed by atoms with Crippen LogP contribution in [0.2, 0.25) is 0 Å². The van der Waals surface area contributed by atoms with Crippen molar-refractivity contribution in [1.82, 2.24) is 15.0 Å². The second kappa shape index (κ2) is 8.45. The zero-order chi connectivity index (χ0) is 23.8. The van der Waals surface area contributed by atoms with Gasteiger partial charge in [0.2, 0.25) is 0 Å². The van der Waals surface area contributed by atoms with Gasteiger partial charge in [0.25, 0.3) is 0 Å². The first-order valence-electron chi connectivity index (χ1n) is 9.28. The highest BCUT2D eigenvalue weighted by Crippen LogP contribution is 2.33. The van der Waals surface area contributed by atoms with Crippen LogP contribution < -0.4 is 10.5 Å². The lowest BCUT2D eigenvalue weighted by molar-refractivity contribution is -0.275. The molecule has 170 valence electrons.